The summed E-state index contributed by atoms with van der Waals surface area (Å²) in [5.41, 5.74) is 6.65. The molecule has 0 saturated heterocycles. The van der Waals surface area contributed by atoms with Gasteiger partial charge in [0.05, 0.1) is 12.2 Å². The molecule has 0 aromatic heterocycles. The topological polar surface area (TPSA) is 55.6 Å². The van der Waals surface area contributed by atoms with Gasteiger partial charge in [0.2, 0.25) is 5.91 Å². The summed E-state index contributed by atoms with van der Waals surface area (Å²) in [5.74, 6) is 0.155. The van der Waals surface area contributed by atoms with Crippen molar-refractivity contribution in [1.29, 1.82) is 0 Å². The lowest BCUT2D eigenvalue weighted by Crippen LogP contribution is -2.46. The molecule has 0 bridgehead atoms. The van der Waals surface area contributed by atoms with Gasteiger partial charge in [0.15, 0.2) is 0 Å². The van der Waals surface area contributed by atoms with Gasteiger partial charge < -0.3 is 15.4 Å². The van der Waals surface area contributed by atoms with Gasteiger partial charge >= 0.3 is 0 Å². The Morgan fingerprint density at radius 1 is 1.43 bits per heavy atom. The molecule has 4 nitrogen and oxygen atoms in total. The normalized spacial score (nSPS) is 28.7. The molecule has 0 spiro atoms. The van der Waals surface area contributed by atoms with Gasteiger partial charge in [-0.1, -0.05) is 6.42 Å². The van der Waals surface area contributed by atoms with E-state index in [-0.39, 0.29) is 29.8 Å². The summed E-state index contributed by atoms with van der Waals surface area (Å²) in [7, 11) is 0. The number of benzene rings is 1. The molecule has 1 heterocycles. The van der Waals surface area contributed by atoms with Gasteiger partial charge in [-0.15, -0.1) is 0 Å². The maximum absolute atomic E-state index is 13.4. The van der Waals surface area contributed by atoms with E-state index in [9.17, 15) is 9.18 Å². The second kappa shape index (κ2) is 5.64. The highest BCUT2D eigenvalue weighted by Crippen LogP contribution is 2.36. The van der Waals surface area contributed by atoms with Crippen molar-refractivity contribution >= 4 is 11.6 Å². The molecule has 1 fully saturated rings. The number of amides is 1. The van der Waals surface area contributed by atoms with Gasteiger partial charge in [0, 0.05) is 18.0 Å². The van der Waals surface area contributed by atoms with E-state index in [1.807, 2.05) is 6.92 Å². The number of fused-ring (bicyclic) bond motifs is 1. The molecule has 0 unspecified atom stereocenters. The molecule has 21 heavy (non-hydrogen) atoms. The lowest BCUT2D eigenvalue weighted by atomic mass is 9.85. The summed E-state index contributed by atoms with van der Waals surface area (Å²) in [6.07, 6.45) is 3.47. The molecule has 3 atom stereocenters. The Labute approximate surface area is 124 Å². The van der Waals surface area contributed by atoms with Crippen molar-refractivity contribution in [3.05, 3.63) is 24.0 Å². The van der Waals surface area contributed by atoms with Crippen LogP contribution in [0.1, 0.15) is 32.6 Å². The summed E-state index contributed by atoms with van der Waals surface area (Å²) in [5, 5.41) is 0. The number of hydrogen-bond donors (Lipinski definition) is 1. The lowest BCUT2D eigenvalue weighted by Gasteiger charge is -2.37. The maximum atomic E-state index is 13.4. The number of nitrogens with two attached hydrogens (primary N) is 1. The number of halogens is 1. The number of nitrogens with zero attached hydrogens (tertiary/aromatic N) is 1. The minimum atomic E-state index is -0.352. The van der Waals surface area contributed by atoms with Crippen LogP contribution in [-0.4, -0.2) is 24.6 Å². The third-order valence-electron chi connectivity index (χ3n) is 4.31. The smallest absolute Gasteiger partial charge is 0.230 e. The largest absolute Gasteiger partial charge is 0.487 e. The average Bonchev–Trinajstić information content (AvgIpc) is 2.45. The third kappa shape index (κ3) is 2.88. The van der Waals surface area contributed by atoms with Gasteiger partial charge in [-0.25, -0.2) is 4.39 Å². The molecule has 1 saturated carbocycles. The van der Waals surface area contributed by atoms with Crippen LogP contribution >= 0.6 is 0 Å². The van der Waals surface area contributed by atoms with E-state index in [1.165, 1.54) is 12.1 Å². The highest BCUT2D eigenvalue weighted by Gasteiger charge is 2.34. The number of ether oxygens (including phenoxy) is 1. The zero-order valence-corrected chi connectivity index (χ0v) is 12.2. The Bertz CT molecular complexity index is 549. The van der Waals surface area contributed by atoms with Gasteiger partial charge in [0.1, 0.15) is 17.7 Å². The van der Waals surface area contributed by atoms with Crippen LogP contribution in [0.15, 0.2) is 18.2 Å². The van der Waals surface area contributed by atoms with Crippen molar-refractivity contribution in [3.8, 4) is 5.75 Å². The van der Waals surface area contributed by atoms with Crippen molar-refractivity contribution in [3.63, 3.8) is 0 Å². The molecule has 2 N–H and O–H groups in total. The first-order chi connectivity index (χ1) is 10.0. The Balaban J connectivity index is 1.86. The molecular weight excluding hydrogens is 271 g/mol. The Morgan fingerprint density at radius 3 is 3.00 bits per heavy atom. The van der Waals surface area contributed by atoms with Crippen molar-refractivity contribution in [2.75, 3.05) is 11.4 Å². The second-order valence-corrected chi connectivity index (χ2v) is 6.11. The third-order valence-corrected chi connectivity index (χ3v) is 4.31. The van der Waals surface area contributed by atoms with Crippen molar-refractivity contribution in [1.82, 2.24) is 0 Å². The molecule has 3 rings (SSSR count). The van der Waals surface area contributed by atoms with E-state index in [4.69, 9.17) is 10.5 Å². The molecule has 1 aliphatic carbocycles. The van der Waals surface area contributed by atoms with E-state index in [1.54, 1.807) is 11.0 Å². The van der Waals surface area contributed by atoms with E-state index >= 15 is 0 Å². The molecule has 2 aliphatic rings. The monoisotopic (exact) mass is 292 g/mol. The van der Waals surface area contributed by atoms with Crippen molar-refractivity contribution < 1.29 is 13.9 Å². The summed E-state index contributed by atoms with van der Waals surface area (Å²) in [6.45, 7) is 2.39. The SMILES string of the molecule is C[C@@H]1CN(C(=O)[C@H]2CCC[C@@H](N)C2)c2ccc(F)cc2O1. The first kappa shape index (κ1) is 14.3. The fraction of sp³-hybridized carbons (Fsp3) is 0.562. The summed E-state index contributed by atoms with van der Waals surface area (Å²) in [4.78, 5) is 14.6. The molecule has 1 aromatic carbocycles. The number of carbonyl (C=O) groups excluding carboxylic acids is 1. The summed E-state index contributed by atoms with van der Waals surface area (Å²) in [6, 6.07) is 4.44. The predicted molar refractivity (Wildman–Crippen MR) is 78.8 cm³/mol. The van der Waals surface area contributed by atoms with Crippen LogP contribution in [-0.2, 0) is 4.79 Å². The molecule has 5 heteroatoms. The number of hydrogen-bond acceptors (Lipinski definition) is 3. The fourth-order valence-corrected chi connectivity index (χ4v) is 3.30. The van der Waals surface area contributed by atoms with Crippen LogP contribution in [0.25, 0.3) is 0 Å². The van der Waals surface area contributed by atoms with Crippen molar-refractivity contribution in [2.45, 2.75) is 44.8 Å². The van der Waals surface area contributed by atoms with Crippen LogP contribution in [0, 0.1) is 11.7 Å². The Morgan fingerprint density at radius 2 is 2.24 bits per heavy atom. The maximum Gasteiger partial charge on any atom is 0.230 e. The second-order valence-electron chi connectivity index (χ2n) is 6.11. The highest BCUT2D eigenvalue weighted by atomic mass is 19.1. The number of rotatable bonds is 1. The summed E-state index contributed by atoms with van der Waals surface area (Å²) >= 11 is 0. The number of carbonyl (C=O) groups is 1. The zero-order valence-electron chi connectivity index (χ0n) is 12.2. The van der Waals surface area contributed by atoms with Crippen LogP contribution in [0.3, 0.4) is 0 Å². The van der Waals surface area contributed by atoms with Crippen LogP contribution in [0.4, 0.5) is 10.1 Å². The Hall–Kier alpha value is -1.62. The molecule has 0 radical (unpaired) electrons. The predicted octanol–water partition coefficient (Wildman–Crippen LogP) is 2.46. The van der Waals surface area contributed by atoms with Crippen molar-refractivity contribution in [2.24, 2.45) is 11.7 Å². The summed E-state index contributed by atoms with van der Waals surface area (Å²) < 4.78 is 19.0. The van der Waals surface area contributed by atoms with E-state index in [2.05, 4.69) is 0 Å². The lowest BCUT2D eigenvalue weighted by molar-refractivity contribution is -0.124. The van der Waals surface area contributed by atoms with Gasteiger partial charge in [-0.3, -0.25) is 4.79 Å². The molecule has 1 aliphatic heterocycles. The van der Waals surface area contributed by atoms with Gasteiger partial charge in [0.25, 0.3) is 0 Å². The van der Waals surface area contributed by atoms with Crippen LogP contribution in [0.2, 0.25) is 0 Å². The van der Waals surface area contributed by atoms with E-state index in [0.717, 1.165) is 25.7 Å². The van der Waals surface area contributed by atoms with Gasteiger partial charge in [-0.2, -0.15) is 0 Å². The average molecular weight is 292 g/mol. The van der Waals surface area contributed by atoms with E-state index in [0.29, 0.717) is 18.0 Å². The van der Waals surface area contributed by atoms with Crippen LogP contribution in [0.5, 0.6) is 5.75 Å². The first-order valence-corrected chi connectivity index (χ1v) is 7.58. The molecular formula is C16H21FN2O2. The Kier molecular flexibility index (Phi) is 3.85. The molecule has 1 aromatic rings. The van der Waals surface area contributed by atoms with E-state index < -0.39 is 0 Å². The highest BCUT2D eigenvalue weighted by molar-refractivity contribution is 5.97. The van der Waals surface area contributed by atoms with Crippen LogP contribution < -0.4 is 15.4 Å². The van der Waals surface area contributed by atoms with Gasteiger partial charge in [-0.05, 0) is 38.3 Å². The molecule has 1 amide bonds. The minimum absolute atomic E-state index is 0.0306. The quantitative estimate of drug-likeness (QED) is 0.865. The molecule has 114 valence electrons. The fourth-order valence-electron chi connectivity index (χ4n) is 3.30. The standard InChI is InChI=1S/C16H21FN2O2/c1-10-9-19(14-6-5-12(17)8-15(14)21-10)16(20)11-3-2-4-13(18)7-11/h5-6,8,10-11,13H,2-4,7,9,18H2,1H3/t10-,11+,13-/m1/s1. The number of anilines is 1. The minimum Gasteiger partial charge on any atom is -0.487 e. The first-order valence-electron chi connectivity index (χ1n) is 7.58. The zero-order chi connectivity index (χ0) is 15.0.